The van der Waals surface area contributed by atoms with Crippen molar-refractivity contribution >= 4 is 23.5 Å². The molecule has 0 atom stereocenters. The van der Waals surface area contributed by atoms with Gasteiger partial charge in [-0.2, -0.15) is 0 Å². The van der Waals surface area contributed by atoms with Crippen LogP contribution < -0.4 is 4.74 Å². The average Bonchev–Trinajstić information content (AvgIpc) is 2.61. The molecule has 114 valence electrons. The van der Waals surface area contributed by atoms with Gasteiger partial charge in [0.05, 0.1) is 11.9 Å². The summed E-state index contributed by atoms with van der Waals surface area (Å²) in [7, 11) is 0. The lowest BCUT2D eigenvalue weighted by Crippen LogP contribution is -1.98. The van der Waals surface area contributed by atoms with E-state index in [4.69, 9.17) is 16.3 Å². The average molecular weight is 323 g/mol. The number of ether oxygens (including phenoxy) is 1. The van der Waals surface area contributed by atoms with Crippen LogP contribution in [0.4, 0.5) is 5.69 Å². The third-order valence-corrected chi connectivity index (χ3v) is 3.44. The molecule has 0 aliphatic heterocycles. The summed E-state index contributed by atoms with van der Waals surface area (Å²) >= 11 is 6.09. The van der Waals surface area contributed by atoms with Crippen LogP contribution in [0.15, 0.2) is 78.0 Å². The number of nitrogens with zero attached hydrogens (tertiary/aromatic N) is 2. The first-order valence-electron chi connectivity index (χ1n) is 7.21. The quantitative estimate of drug-likeness (QED) is 0.615. The number of rotatable bonds is 5. The Balaban J connectivity index is 1.79. The molecular formula is C19H15ClN2O. The molecule has 0 aliphatic rings. The smallest absolute Gasteiger partial charge is 0.128 e. The molecule has 0 aliphatic carbocycles. The van der Waals surface area contributed by atoms with Crippen LogP contribution in [0.3, 0.4) is 0 Å². The van der Waals surface area contributed by atoms with E-state index < -0.39 is 0 Å². The number of benzene rings is 2. The molecule has 0 saturated heterocycles. The van der Waals surface area contributed by atoms with Crippen LogP contribution in [0.2, 0.25) is 5.02 Å². The number of halogens is 1. The Kier molecular flexibility index (Phi) is 5.02. The SMILES string of the molecule is Clc1ccc(OCc2ccccc2)c(C=Nc2cccnc2)c1. The van der Waals surface area contributed by atoms with Crippen molar-refractivity contribution in [3.63, 3.8) is 0 Å². The molecule has 0 fully saturated rings. The first-order chi connectivity index (χ1) is 11.3. The fourth-order valence-corrected chi connectivity index (χ4v) is 2.24. The van der Waals surface area contributed by atoms with Crippen LogP contribution in [0, 0.1) is 0 Å². The van der Waals surface area contributed by atoms with Crippen LogP contribution in [0.1, 0.15) is 11.1 Å². The van der Waals surface area contributed by atoms with Gasteiger partial charge in [0.25, 0.3) is 0 Å². The lowest BCUT2D eigenvalue weighted by atomic mass is 10.2. The summed E-state index contributed by atoms with van der Waals surface area (Å²) in [6.45, 7) is 0.496. The van der Waals surface area contributed by atoms with Crippen LogP contribution in [0.5, 0.6) is 5.75 Å². The van der Waals surface area contributed by atoms with Crippen molar-refractivity contribution in [2.45, 2.75) is 6.61 Å². The summed E-state index contributed by atoms with van der Waals surface area (Å²) in [4.78, 5) is 8.45. The van der Waals surface area contributed by atoms with Crippen molar-refractivity contribution in [1.82, 2.24) is 4.98 Å². The van der Waals surface area contributed by atoms with Crippen molar-refractivity contribution < 1.29 is 4.74 Å². The largest absolute Gasteiger partial charge is 0.488 e. The standard InChI is InChI=1S/C19H15ClN2O/c20-17-8-9-19(23-14-15-5-2-1-3-6-15)16(11-17)12-22-18-7-4-10-21-13-18/h1-13H,14H2. The second-order valence-corrected chi connectivity index (χ2v) is 5.36. The van der Waals surface area contributed by atoms with E-state index in [-0.39, 0.29) is 0 Å². The predicted octanol–water partition coefficient (Wildman–Crippen LogP) is 5.06. The molecule has 4 heteroatoms. The Labute approximate surface area is 140 Å². The fourth-order valence-electron chi connectivity index (χ4n) is 2.06. The Morgan fingerprint density at radius 2 is 1.91 bits per heavy atom. The van der Waals surface area contributed by atoms with Gasteiger partial charge in [0.15, 0.2) is 0 Å². The van der Waals surface area contributed by atoms with Gasteiger partial charge in [-0.3, -0.25) is 9.98 Å². The number of aliphatic imine (C=N–C) groups is 1. The lowest BCUT2D eigenvalue weighted by molar-refractivity contribution is 0.306. The van der Waals surface area contributed by atoms with E-state index in [1.54, 1.807) is 18.6 Å². The Hall–Kier alpha value is -2.65. The summed E-state index contributed by atoms with van der Waals surface area (Å²) in [6.07, 6.45) is 5.15. The zero-order chi connectivity index (χ0) is 15.9. The number of pyridine rings is 1. The molecule has 0 unspecified atom stereocenters. The molecule has 3 rings (SSSR count). The van der Waals surface area contributed by atoms with Gasteiger partial charge in [-0.15, -0.1) is 0 Å². The van der Waals surface area contributed by atoms with Crippen molar-refractivity contribution in [2.75, 3.05) is 0 Å². The van der Waals surface area contributed by atoms with Crippen LogP contribution >= 0.6 is 11.6 Å². The molecule has 0 radical (unpaired) electrons. The first-order valence-corrected chi connectivity index (χ1v) is 7.59. The van der Waals surface area contributed by atoms with Crippen molar-refractivity contribution in [1.29, 1.82) is 0 Å². The summed E-state index contributed by atoms with van der Waals surface area (Å²) in [6, 6.07) is 19.3. The molecule has 3 aromatic rings. The zero-order valence-electron chi connectivity index (χ0n) is 12.4. The minimum atomic E-state index is 0.496. The van der Waals surface area contributed by atoms with E-state index in [0.717, 1.165) is 22.6 Å². The number of hydrogen-bond acceptors (Lipinski definition) is 3. The van der Waals surface area contributed by atoms with Gasteiger partial charge in [-0.25, -0.2) is 0 Å². The van der Waals surface area contributed by atoms with E-state index in [2.05, 4.69) is 9.98 Å². The molecule has 3 nitrogen and oxygen atoms in total. The Bertz CT molecular complexity index is 789. The highest BCUT2D eigenvalue weighted by Gasteiger charge is 2.04. The van der Waals surface area contributed by atoms with Gasteiger partial charge < -0.3 is 4.74 Å². The van der Waals surface area contributed by atoms with Gasteiger partial charge in [0.1, 0.15) is 12.4 Å². The van der Waals surface area contributed by atoms with Gasteiger partial charge in [-0.1, -0.05) is 41.9 Å². The monoisotopic (exact) mass is 322 g/mol. The maximum Gasteiger partial charge on any atom is 0.128 e. The first kappa shape index (κ1) is 15.3. The van der Waals surface area contributed by atoms with Crippen LogP contribution in [0.25, 0.3) is 0 Å². The maximum atomic E-state index is 6.09. The fraction of sp³-hybridized carbons (Fsp3) is 0.0526. The second-order valence-electron chi connectivity index (χ2n) is 4.93. The molecule has 0 N–H and O–H groups in total. The molecule has 0 spiro atoms. The van der Waals surface area contributed by atoms with Gasteiger partial charge >= 0.3 is 0 Å². The topological polar surface area (TPSA) is 34.5 Å². The zero-order valence-corrected chi connectivity index (χ0v) is 13.1. The molecular weight excluding hydrogens is 308 g/mol. The van der Waals surface area contributed by atoms with E-state index in [9.17, 15) is 0 Å². The van der Waals surface area contributed by atoms with Crippen molar-refractivity contribution in [3.8, 4) is 5.75 Å². The predicted molar refractivity (Wildman–Crippen MR) is 93.7 cm³/mol. The highest BCUT2D eigenvalue weighted by molar-refractivity contribution is 6.30. The van der Waals surface area contributed by atoms with Crippen LogP contribution in [-0.4, -0.2) is 11.2 Å². The summed E-state index contributed by atoms with van der Waals surface area (Å²) in [5, 5.41) is 0.643. The van der Waals surface area contributed by atoms with Crippen molar-refractivity contribution in [3.05, 3.63) is 89.2 Å². The van der Waals surface area contributed by atoms with Gasteiger partial charge in [0, 0.05) is 23.0 Å². The minimum absolute atomic E-state index is 0.496. The third kappa shape index (κ3) is 4.41. The highest BCUT2D eigenvalue weighted by atomic mass is 35.5. The van der Waals surface area contributed by atoms with Crippen LogP contribution in [-0.2, 0) is 6.61 Å². The van der Waals surface area contributed by atoms with E-state index in [1.165, 1.54) is 0 Å². The highest BCUT2D eigenvalue weighted by Crippen LogP contribution is 2.23. The summed E-state index contributed by atoms with van der Waals surface area (Å²) < 4.78 is 5.90. The minimum Gasteiger partial charge on any atom is -0.488 e. The van der Waals surface area contributed by atoms with Gasteiger partial charge in [-0.05, 0) is 35.9 Å². The van der Waals surface area contributed by atoms with E-state index in [0.29, 0.717) is 11.6 Å². The Morgan fingerprint density at radius 1 is 1.04 bits per heavy atom. The molecule has 2 aromatic carbocycles. The third-order valence-electron chi connectivity index (χ3n) is 3.21. The molecule has 0 amide bonds. The molecule has 1 heterocycles. The van der Waals surface area contributed by atoms with E-state index >= 15 is 0 Å². The second kappa shape index (κ2) is 7.56. The van der Waals surface area contributed by atoms with E-state index in [1.807, 2.05) is 60.7 Å². The summed E-state index contributed by atoms with van der Waals surface area (Å²) in [5.74, 6) is 0.742. The molecule has 0 saturated carbocycles. The normalized spacial score (nSPS) is 10.8. The van der Waals surface area contributed by atoms with Crippen molar-refractivity contribution in [2.24, 2.45) is 4.99 Å². The molecule has 1 aromatic heterocycles. The molecule has 23 heavy (non-hydrogen) atoms. The Morgan fingerprint density at radius 3 is 2.70 bits per heavy atom. The van der Waals surface area contributed by atoms with Gasteiger partial charge in [0.2, 0.25) is 0 Å². The number of hydrogen-bond donors (Lipinski definition) is 0. The molecule has 0 bridgehead atoms. The summed E-state index contributed by atoms with van der Waals surface area (Å²) in [5.41, 5.74) is 2.72. The lowest BCUT2D eigenvalue weighted by Gasteiger charge is -2.09. The number of aromatic nitrogens is 1. The maximum absolute atomic E-state index is 6.09.